The van der Waals surface area contributed by atoms with Crippen molar-refractivity contribution in [3.63, 3.8) is 0 Å². The number of piperidine rings is 1. The summed E-state index contributed by atoms with van der Waals surface area (Å²) < 4.78 is 49.6. The fourth-order valence-corrected chi connectivity index (χ4v) is 5.99. The Labute approximate surface area is 342 Å². The lowest BCUT2D eigenvalue weighted by atomic mass is 10.0. The SMILES string of the molecule is CCCCCCOCCOCCOCCOCCOCCOCCOCCOCCOCCCCCC(=O)Nc1cccc2c1C(=O)N(C1CCC(=O)NC1=O)C2=O. The molecule has 0 aliphatic carbocycles. The van der Waals surface area contributed by atoms with E-state index in [0.717, 1.165) is 30.8 Å². The van der Waals surface area contributed by atoms with Gasteiger partial charge in [-0.2, -0.15) is 0 Å². The minimum absolute atomic E-state index is 0.0299. The normalized spacial score (nSPS) is 15.3. The van der Waals surface area contributed by atoms with Crippen LogP contribution in [0.25, 0.3) is 0 Å². The van der Waals surface area contributed by atoms with Crippen molar-refractivity contribution < 1.29 is 66.6 Å². The first-order valence-corrected chi connectivity index (χ1v) is 20.8. The fraction of sp³-hybridized carbons (Fsp3) is 0.732. The molecule has 0 spiro atoms. The van der Waals surface area contributed by atoms with Crippen molar-refractivity contribution in [1.82, 2.24) is 10.2 Å². The van der Waals surface area contributed by atoms with Gasteiger partial charge in [0.2, 0.25) is 17.7 Å². The summed E-state index contributed by atoms with van der Waals surface area (Å²) in [4.78, 5) is 63.5. The van der Waals surface area contributed by atoms with Crippen LogP contribution >= 0.6 is 0 Å². The van der Waals surface area contributed by atoms with Gasteiger partial charge in [-0.3, -0.25) is 34.2 Å². The molecule has 1 aromatic rings. The van der Waals surface area contributed by atoms with E-state index in [1.165, 1.54) is 25.3 Å². The van der Waals surface area contributed by atoms with Crippen LogP contribution in [0.4, 0.5) is 5.69 Å². The van der Waals surface area contributed by atoms with E-state index in [4.69, 9.17) is 42.6 Å². The third-order valence-corrected chi connectivity index (χ3v) is 9.05. The number of imide groups is 2. The van der Waals surface area contributed by atoms with Crippen molar-refractivity contribution in [3.05, 3.63) is 29.3 Å². The largest absolute Gasteiger partial charge is 0.379 e. The molecule has 3 rings (SSSR count). The van der Waals surface area contributed by atoms with Gasteiger partial charge in [0, 0.05) is 26.1 Å². The summed E-state index contributed by atoms with van der Waals surface area (Å²) in [6, 6.07) is 3.54. The highest BCUT2D eigenvalue weighted by Crippen LogP contribution is 2.32. The molecule has 2 heterocycles. The molecule has 2 aliphatic rings. The van der Waals surface area contributed by atoms with E-state index in [9.17, 15) is 24.0 Å². The second-order valence-corrected chi connectivity index (χ2v) is 13.6. The number of nitrogens with zero attached hydrogens (tertiary/aromatic N) is 1. The second-order valence-electron chi connectivity index (χ2n) is 13.6. The van der Waals surface area contributed by atoms with Crippen LogP contribution in [-0.4, -0.2) is 159 Å². The van der Waals surface area contributed by atoms with Crippen LogP contribution in [-0.2, 0) is 57.0 Å². The van der Waals surface area contributed by atoms with Gasteiger partial charge < -0.3 is 47.9 Å². The summed E-state index contributed by atoms with van der Waals surface area (Å²) >= 11 is 0. The number of hydrogen-bond donors (Lipinski definition) is 2. The highest BCUT2D eigenvalue weighted by Gasteiger charge is 2.45. The summed E-state index contributed by atoms with van der Waals surface area (Å²) in [5.74, 6) is -2.71. The summed E-state index contributed by atoms with van der Waals surface area (Å²) in [7, 11) is 0. The van der Waals surface area contributed by atoms with Crippen molar-refractivity contribution in [1.29, 1.82) is 0 Å². The molecule has 1 fully saturated rings. The van der Waals surface area contributed by atoms with Crippen molar-refractivity contribution in [2.24, 2.45) is 0 Å². The average molecular weight is 824 g/mol. The lowest BCUT2D eigenvalue weighted by Crippen LogP contribution is -2.54. The number of anilines is 1. The third-order valence-electron chi connectivity index (χ3n) is 9.05. The maximum absolute atomic E-state index is 13.2. The zero-order valence-corrected chi connectivity index (χ0v) is 34.3. The summed E-state index contributed by atoms with van der Waals surface area (Å²) in [6.45, 7) is 11.6. The Morgan fingerprint density at radius 1 is 0.603 bits per heavy atom. The van der Waals surface area contributed by atoms with E-state index in [1.807, 2.05) is 0 Å². The molecule has 1 unspecified atom stereocenters. The zero-order chi connectivity index (χ0) is 41.5. The number of nitrogens with one attached hydrogen (secondary N) is 2. The van der Waals surface area contributed by atoms with Gasteiger partial charge in [-0.05, 0) is 37.8 Å². The molecular formula is C41H65N3O14. The van der Waals surface area contributed by atoms with Crippen molar-refractivity contribution in [2.75, 3.05) is 124 Å². The number of hydrogen-bond acceptors (Lipinski definition) is 14. The van der Waals surface area contributed by atoms with Gasteiger partial charge in [0.15, 0.2) is 0 Å². The second kappa shape index (κ2) is 31.5. The minimum atomic E-state index is -1.07. The Morgan fingerprint density at radius 2 is 1.05 bits per heavy atom. The highest BCUT2D eigenvalue weighted by molar-refractivity contribution is 6.26. The Hall–Kier alpha value is -3.39. The predicted octanol–water partition coefficient (Wildman–Crippen LogP) is 3.32. The number of rotatable bonds is 37. The summed E-state index contributed by atoms with van der Waals surface area (Å²) in [6.07, 6.45) is 7.31. The molecule has 1 atom stereocenters. The van der Waals surface area contributed by atoms with Gasteiger partial charge in [0.1, 0.15) is 6.04 Å². The lowest BCUT2D eigenvalue weighted by Gasteiger charge is -2.27. The van der Waals surface area contributed by atoms with Gasteiger partial charge in [-0.1, -0.05) is 38.7 Å². The van der Waals surface area contributed by atoms with Crippen LogP contribution in [0, 0.1) is 0 Å². The molecule has 0 bridgehead atoms. The maximum atomic E-state index is 13.2. The molecule has 2 aliphatic heterocycles. The molecular weight excluding hydrogens is 758 g/mol. The molecule has 1 saturated heterocycles. The number of fused-ring (bicyclic) bond motifs is 1. The van der Waals surface area contributed by atoms with E-state index < -0.39 is 29.7 Å². The van der Waals surface area contributed by atoms with Crippen molar-refractivity contribution >= 4 is 35.2 Å². The number of unbranched alkanes of at least 4 members (excludes halogenated alkanes) is 5. The molecule has 5 amide bonds. The smallest absolute Gasteiger partial charge is 0.264 e. The monoisotopic (exact) mass is 823 g/mol. The summed E-state index contributed by atoms with van der Waals surface area (Å²) in [5.41, 5.74) is 0.389. The quantitative estimate of drug-likeness (QED) is 0.0733. The van der Waals surface area contributed by atoms with Gasteiger partial charge in [-0.15, -0.1) is 0 Å². The number of amides is 5. The first-order valence-electron chi connectivity index (χ1n) is 20.8. The lowest BCUT2D eigenvalue weighted by molar-refractivity contribution is -0.136. The van der Waals surface area contributed by atoms with Crippen LogP contribution in [0.5, 0.6) is 0 Å². The average Bonchev–Trinajstić information content (AvgIpc) is 3.47. The highest BCUT2D eigenvalue weighted by atomic mass is 16.6. The zero-order valence-electron chi connectivity index (χ0n) is 34.3. The van der Waals surface area contributed by atoms with Crippen LogP contribution in [0.1, 0.15) is 91.8 Å². The first kappa shape index (κ1) is 49.0. The number of carbonyl (C=O) groups excluding carboxylic acids is 5. The Bertz CT molecular complexity index is 1350. The number of ether oxygens (including phenoxy) is 9. The Kier molecular flexibility index (Phi) is 26.6. The standard InChI is InChI=1S/C41H65N3O14/c1-2-3-4-7-15-50-17-19-52-21-23-54-25-27-56-29-31-58-32-30-57-28-26-55-24-22-53-20-18-51-16-8-5-6-12-36(45)42-34-11-9-10-33-38(34)41(49)44(40(33)48)35-13-14-37(46)43-39(35)47/h9-11,35H,2-8,12-32H2,1H3,(H,42,45)(H,43,46,47). The van der Waals surface area contributed by atoms with Crippen molar-refractivity contribution in [2.45, 2.75) is 77.2 Å². The number of carbonyl (C=O) groups is 5. The van der Waals surface area contributed by atoms with E-state index in [0.29, 0.717) is 119 Å². The maximum Gasteiger partial charge on any atom is 0.264 e. The van der Waals surface area contributed by atoms with Gasteiger partial charge in [-0.25, -0.2) is 0 Å². The third kappa shape index (κ3) is 20.0. The molecule has 58 heavy (non-hydrogen) atoms. The number of benzene rings is 1. The molecule has 0 radical (unpaired) electrons. The Balaban J connectivity index is 1.02. The van der Waals surface area contributed by atoms with Gasteiger partial charge in [0.25, 0.3) is 11.8 Å². The molecule has 17 heteroatoms. The van der Waals surface area contributed by atoms with E-state index in [2.05, 4.69) is 17.6 Å². The minimum Gasteiger partial charge on any atom is -0.379 e. The van der Waals surface area contributed by atoms with E-state index in [-0.39, 0.29) is 42.0 Å². The van der Waals surface area contributed by atoms with E-state index >= 15 is 0 Å². The molecule has 328 valence electrons. The van der Waals surface area contributed by atoms with Crippen LogP contribution < -0.4 is 10.6 Å². The van der Waals surface area contributed by atoms with Crippen LogP contribution in [0.3, 0.4) is 0 Å². The Morgan fingerprint density at radius 3 is 1.50 bits per heavy atom. The topological polar surface area (TPSA) is 196 Å². The van der Waals surface area contributed by atoms with Crippen LogP contribution in [0.15, 0.2) is 18.2 Å². The predicted molar refractivity (Wildman–Crippen MR) is 212 cm³/mol. The first-order chi connectivity index (χ1) is 28.4. The van der Waals surface area contributed by atoms with E-state index in [1.54, 1.807) is 12.1 Å². The van der Waals surface area contributed by atoms with Crippen LogP contribution in [0.2, 0.25) is 0 Å². The summed E-state index contributed by atoms with van der Waals surface area (Å²) in [5, 5.41) is 4.91. The molecule has 17 nitrogen and oxygen atoms in total. The molecule has 0 saturated carbocycles. The fourth-order valence-electron chi connectivity index (χ4n) is 5.99. The molecule has 1 aromatic carbocycles. The molecule has 0 aromatic heterocycles. The van der Waals surface area contributed by atoms with Gasteiger partial charge >= 0.3 is 0 Å². The molecule has 2 N–H and O–H groups in total. The van der Waals surface area contributed by atoms with Crippen molar-refractivity contribution in [3.8, 4) is 0 Å². The van der Waals surface area contributed by atoms with Gasteiger partial charge in [0.05, 0.1) is 123 Å².